The SMILES string of the molecule is CNC(C)(C)CCOC(C)(C)CCNC(=O)CCNC(=O)Oc1c(C)cc(COC(=O)C(C)C)cc1C. The summed E-state index contributed by atoms with van der Waals surface area (Å²) in [6.45, 7) is 16.9. The third kappa shape index (κ3) is 12.9. The van der Waals surface area contributed by atoms with Gasteiger partial charge in [0.15, 0.2) is 0 Å². The van der Waals surface area contributed by atoms with E-state index >= 15 is 0 Å². The van der Waals surface area contributed by atoms with Crippen LogP contribution in [-0.4, -0.2) is 55.9 Å². The van der Waals surface area contributed by atoms with Gasteiger partial charge in [-0.15, -0.1) is 0 Å². The molecule has 9 nitrogen and oxygen atoms in total. The molecule has 3 N–H and O–H groups in total. The van der Waals surface area contributed by atoms with E-state index in [0.29, 0.717) is 25.3 Å². The van der Waals surface area contributed by atoms with Gasteiger partial charge in [0.1, 0.15) is 12.4 Å². The number of rotatable bonds is 15. The molecule has 1 aromatic rings. The fourth-order valence-electron chi connectivity index (χ4n) is 3.38. The Hall–Kier alpha value is -2.65. The number of carbonyl (C=O) groups excluding carboxylic acids is 3. The van der Waals surface area contributed by atoms with E-state index in [4.69, 9.17) is 14.2 Å². The van der Waals surface area contributed by atoms with Crippen LogP contribution in [0.15, 0.2) is 12.1 Å². The molecule has 1 aromatic carbocycles. The molecule has 0 atom stereocenters. The van der Waals surface area contributed by atoms with E-state index < -0.39 is 6.09 Å². The van der Waals surface area contributed by atoms with Gasteiger partial charge in [0.2, 0.25) is 5.91 Å². The molecule has 0 aliphatic rings. The summed E-state index contributed by atoms with van der Waals surface area (Å²) in [6.07, 6.45) is 1.08. The summed E-state index contributed by atoms with van der Waals surface area (Å²) < 4.78 is 16.7. The molecule has 0 aromatic heterocycles. The summed E-state index contributed by atoms with van der Waals surface area (Å²) in [5.74, 6) is -0.163. The van der Waals surface area contributed by atoms with Crippen LogP contribution in [0.25, 0.3) is 0 Å². The van der Waals surface area contributed by atoms with Crippen LogP contribution < -0.4 is 20.7 Å². The van der Waals surface area contributed by atoms with Gasteiger partial charge in [0.25, 0.3) is 0 Å². The molecular formula is C28H47N3O6. The Morgan fingerprint density at radius 3 is 2.14 bits per heavy atom. The third-order valence-electron chi connectivity index (χ3n) is 6.13. The summed E-state index contributed by atoms with van der Waals surface area (Å²) in [5.41, 5.74) is 2.00. The second kappa shape index (κ2) is 14.9. The fraction of sp³-hybridized carbons (Fsp3) is 0.679. The van der Waals surface area contributed by atoms with Crippen LogP contribution in [0.5, 0.6) is 5.75 Å². The highest BCUT2D eigenvalue weighted by molar-refractivity contribution is 5.77. The van der Waals surface area contributed by atoms with Crippen molar-refractivity contribution in [3.05, 3.63) is 28.8 Å². The highest BCUT2D eigenvalue weighted by Gasteiger charge is 2.21. The van der Waals surface area contributed by atoms with Crippen LogP contribution in [-0.2, 0) is 25.7 Å². The lowest BCUT2D eigenvalue weighted by Gasteiger charge is -2.29. The smallest absolute Gasteiger partial charge is 0.412 e. The van der Waals surface area contributed by atoms with E-state index in [-0.39, 0.29) is 48.5 Å². The number of nitrogens with one attached hydrogen (secondary N) is 3. The minimum absolute atomic E-state index is 0.0169. The molecule has 0 saturated heterocycles. The third-order valence-corrected chi connectivity index (χ3v) is 6.13. The van der Waals surface area contributed by atoms with Crippen molar-refractivity contribution in [1.82, 2.24) is 16.0 Å². The normalized spacial score (nSPS) is 11.8. The number of ether oxygens (including phenoxy) is 3. The first-order chi connectivity index (χ1) is 17.2. The Kier molecular flexibility index (Phi) is 13.1. The molecule has 37 heavy (non-hydrogen) atoms. The minimum Gasteiger partial charge on any atom is -0.461 e. The summed E-state index contributed by atoms with van der Waals surface area (Å²) >= 11 is 0. The Balaban J connectivity index is 2.37. The Morgan fingerprint density at radius 1 is 0.946 bits per heavy atom. The number of carbonyl (C=O) groups is 3. The van der Waals surface area contributed by atoms with Gasteiger partial charge < -0.3 is 30.2 Å². The highest BCUT2D eigenvalue weighted by Crippen LogP contribution is 2.25. The van der Waals surface area contributed by atoms with Crippen LogP contribution in [0.3, 0.4) is 0 Å². The molecule has 0 spiro atoms. The van der Waals surface area contributed by atoms with Crippen LogP contribution in [0.1, 0.15) is 77.5 Å². The first kappa shape index (κ1) is 32.4. The van der Waals surface area contributed by atoms with Gasteiger partial charge in [-0.25, -0.2) is 4.79 Å². The van der Waals surface area contributed by atoms with E-state index in [1.54, 1.807) is 13.8 Å². The summed E-state index contributed by atoms with van der Waals surface area (Å²) in [6, 6.07) is 3.65. The Morgan fingerprint density at radius 2 is 1.57 bits per heavy atom. The molecule has 0 heterocycles. The van der Waals surface area contributed by atoms with Crippen LogP contribution in [0.2, 0.25) is 0 Å². The molecule has 0 aliphatic carbocycles. The zero-order valence-electron chi connectivity index (χ0n) is 24.1. The molecule has 0 unspecified atom stereocenters. The first-order valence-corrected chi connectivity index (χ1v) is 13.0. The molecule has 0 radical (unpaired) electrons. The van der Waals surface area contributed by atoms with Crippen molar-refractivity contribution in [2.45, 2.75) is 92.4 Å². The molecular weight excluding hydrogens is 474 g/mol. The van der Waals surface area contributed by atoms with Gasteiger partial charge >= 0.3 is 12.1 Å². The topological polar surface area (TPSA) is 115 Å². The maximum atomic E-state index is 12.3. The maximum Gasteiger partial charge on any atom is 0.412 e. The maximum absolute atomic E-state index is 12.3. The summed E-state index contributed by atoms with van der Waals surface area (Å²) in [5, 5.41) is 8.74. The Labute approximate surface area is 222 Å². The number of hydrogen-bond acceptors (Lipinski definition) is 7. The summed E-state index contributed by atoms with van der Waals surface area (Å²) in [7, 11) is 1.94. The predicted octanol–water partition coefficient (Wildman–Crippen LogP) is 4.17. The average Bonchev–Trinajstić information content (AvgIpc) is 2.79. The molecule has 9 heteroatoms. The minimum atomic E-state index is -0.628. The van der Waals surface area contributed by atoms with Gasteiger partial charge in [0, 0.05) is 31.7 Å². The van der Waals surface area contributed by atoms with E-state index in [1.165, 1.54) is 0 Å². The lowest BCUT2D eigenvalue weighted by atomic mass is 10.0. The standard InChI is InChI=1S/C28H47N3O6/c1-19(2)25(33)35-18-22-16-20(3)24(21(4)17-22)37-26(34)31-13-10-23(32)30-14-11-28(7,8)36-15-12-27(5,6)29-9/h16-17,19,29H,10-15,18H2,1-9H3,(H,30,32)(H,31,34). The first-order valence-electron chi connectivity index (χ1n) is 13.0. The molecule has 210 valence electrons. The molecule has 0 aliphatic heterocycles. The monoisotopic (exact) mass is 521 g/mol. The van der Waals surface area contributed by atoms with Crippen molar-refractivity contribution in [1.29, 1.82) is 0 Å². The number of hydrogen-bond donors (Lipinski definition) is 3. The van der Waals surface area contributed by atoms with Crippen LogP contribution >= 0.6 is 0 Å². The van der Waals surface area contributed by atoms with Crippen molar-refractivity contribution in [3.63, 3.8) is 0 Å². The zero-order chi connectivity index (χ0) is 28.2. The van der Waals surface area contributed by atoms with Gasteiger partial charge in [-0.1, -0.05) is 13.8 Å². The average molecular weight is 522 g/mol. The van der Waals surface area contributed by atoms with E-state index in [2.05, 4.69) is 29.8 Å². The van der Waals surface area contributed by atoms with Crippen molar-refractivity contribution >= 4 is 18.0 Å². The van der Waals surface area contributed by atoms with Crippen molar-refractivity contribution < 1.29 is 28.6 Å². The van der Waals surface area contributed by atoms with E-state index in [9.17, 15) is 14.4 Å². The molecule has 2 amide bonds. The zero-order valence-corrected chi connectivity index (χ0v) is 24.1. The van der Waals surface area contributed by atoms with Crippen LogP contribution in [0.4, 0.5) is 4.79 Å². The number of aryl methyl sites for hydroxylation is 2. The molecule has 1 rings (SSSR count). The quantitative estimate of drug-likeness (QED) is 0.297. The number of esters is 1. The van der Waals surface area contributed by atoms with Crippen molar-refractivity contribution in [2.75, 3.05) is 26.7 Å². The van der Waals surface area contributed by atoms with Crippen molar-refractivity contribution in [3.8, 4) is 5.75 Å². The lowest BCUT2D eigenvalue weighted by Crippen LogP contribution is -2.39. The number of amides is 2. The van der Waals surface area contributed by atoms with E-state index in [1.807, 2.05) is 46.9 Å². The second-order valence-corrected chi connectivity index (χ2v) is 11.0. The molecule has 0 saturated carbocycles. The fourth-order valence-corrected chi connectivity index (χ4v) is 3.38. The lowest BCUT2D eigenvalue weighted by molar-refractivity contribution is -0.148. The molecule has 0 fully saturated rings. The van der Waals surface area contributed by atoms with Gasteiger partial charge in [-0.3, -0.25) is 9.59 Å². The van der Waals surface area contributed by atoms with Gasteiger partial charge in [-0.2, -0.15) is 0 Å². The van der Waals surface area contributed by atoms with Gasteiger partial charge in [0.05, 0.1) is 11.5 Å². The predicted molar refractivity (Wildman–Crippen MR) is 145 cm³/mol. The van der Waals surface area contributed by atoms with E-state index in [0.717, 1.165) is 23.1 Å². The number of benzene rings is 1. The van der Waals surface area contributed by atoms with Crippen LogP contribution in [0, 0.1) is 19.8 Å². The molecule has 0 bridgehead atoms. The Bertz CT molecular complexity index is 888. The van der Waals surface area contributed by atoms with Gasteiger partial charge in [-0.05, 0) is 90.3 Å². The highest BCUT2D eigenvalue weighted by atomic mass is 16.6. The second-order valence-electron chi connectivity index (χ2n) is 11.0. The van der Waals surface area contributed by atoms with Crippen molar-refractivity contribution in [2.24, 2.45) is 5.92 Å². The largest absolute Gasteiger partial charge is 0.461 e. The summed E-state index contributed by atoms with van der Waals surface area (Å²) in [4.78, 5) is 36.1.